The van der Waals surface area contributed by atoms with Gasteiger partial charge in [0.05, 0.1) is 0 Å². The summed E-state index contributed by atoms with van der Waals surface area (Å²) in [5, 5.41) is 0. The van der Waals surface area contributed by atoms with Crippen LogP contribution < -0.4 is 0 Å². The van der Waals surface area contributed by atoms with E-state index in [0.717, 1.165) is 18.3 Å². The minimum absolute atomic E-state index is 0.777. The second-order valence-electron chi connectivity index (χ2n) is 7.59. The fourth-order valence-electron chi connectivity index (χ4n) is 3.66. The highest BCUT2D eigenvalue weighted by atomic mass is 14.2. The maximum Gasteiger partial charge on any atom is -0.00133 e. The van der Waals surface area contributed by atoms with Crippen LogP contribution in [-0.4, -0.2) is 0 Å². The summed E-state index contributed by atoms with van der Waals surface area (Å²) in [7, 11) is 0. The van der Waals surface area contributed by atoms with Gasteiger partial charge in [0.2, 0.25) is 0 Å². The molecule has 0 fully saturated rings. The molecule has 122 valence electrons. The summed E-state index contributed by atoms with van der Waals surface area (Å²) in [5.41, 5.74) is 8.99. The molecule has 0 radical (unpaired) electrons. The molecule has 2 aromatic rings. The second-order valence-corrected chi connectivity index (χ2v) is 7.59. The average molecular weight is 306 g/mol. The molecule has 0 nitrogen and oxygen atoms in total. The minimum Gasteiger partial charge on any atom is -0.0651 e. The highest BCUT2D eigenvalue weighted by Gasteiger charge is 2.19. The van der Waals surface area contributed by atoms with Crippen LogP contribution in [0, 0.1) is 11.8 Å². The molecule has 0 saturated heterocycles. The lowest BCUT2D eigenvalue weighted by molar-refractivity contribution is 0.560. The SMILES string of the molecule is CCC(C)Cc1ccc2c(c1)Cc1cc(CC(C)CC)ccc1-2. The normalized spacial score (nSPS) is 15.1. The van der Waals surface area contributed by atoms with Gasteiger partial charge in [0, 0.05) is 0 Å². The third-order valence-corrected chi connectivity index (χ3v) is 5.57. The summed E-state index contributed by atoms with van der Waals surface area (Å²) in [6.07, 6.45) is 6.05. The van der Waals surface area contributed by atoms with Crippen molar-refractivity contribution in [1.82, 2.24) is 0 Å². The van der Waals surface area contributed by atoms with Gasteiger partial charge in [0.1, 0.15) is 0 Å². The molecular formula is C23H30. The van der Waals surface area contributed by atoms with Crippen LogP contribution in [-0.2, 0) is 19.3 Å². The van der Waals surface area contributed by atoms with Gasteiger partial charge in [-0.25, -0.2) is 0 Å². The van der Waals surface area contributed by atoms with Crippen LogP contribution in [0.1, 0.15) is 62.8 Å². The van der Waals surface area contributed by atoms with E-state index >= 15 is 0 Å². The number of hydrogen-bond donors (Lipinski definition) is 0. The second kappa shape index (κ2) is 6.91. The van der Waals surface area contributed by atoms with Crippen molar-refractivity contribution >= 4 is 0 Å². The molecule has 0 bridgehead atoms. The quantitative estimate of drug-likeness (QED) is 0.492. The first kappa shape index (κ1) is 16.3. The van der Waals surface area contributed by atoms with E-state index in [9.17, 15) is 0 Å². The molecule has 0 saturated carbocycles. The summed E-state index contributed by atoms with van der Waals surface area (Å²) < 4.78 is 0. The van der Waals surface area contributed by atoms with Crippen molar-refractivity contribution in [2.24, 2.45) is 11.8 Å². The van der Waals surface area contributed by atoms with Crippen molar-refractivity contribution in [2.45, 2.75) is 59.8 Å². The molecule has 3 rings (SSSR count). The zero-order chi connectivity index (χ0) is 16.4. The Kier molecular flexibility index (Phi) is 4.90. The van der Waals surface area contributed by atoms with Gasteiger partial charge in [-0.15, -0.1) is 0 Å². The van der Waals surface area contributed by atoms with E-state index in [-0.39, 0.29) is 0 Å². The molecule has 2 atom stereocenters. The summed E-state index contributed by atoms with van der Waals surface area (Å²) >= 11 is 0. The molecule has 0 heterocycles. The fraction of sp³-hybridized carbons (Fsp3) is 0.478. The predicted molar refractivity (Wildman–Crippen MR) is 101 cm³/mol. The molecule has 1 aliphatic rings. The van der Waals surface area contributed by atoms with Crippen molar-refractivity contribution in [1.29, 1.82) is 0 Å². The van der Waals surface area contributed by atoms with Crippen LogP contribution >= 0.6 is 0 Å². The van der Waals surface area contributed by atoms with E-state index in [0.29, 0.717) is 0 Å². The molecule has 0 aliphatic heterocycles. The van der Waals surface area contributed by atoms with Crippen molar-refractivity contribution in [3.05, 3.63) is 58.7 Å². The molecule has 0 aromatic heterocycles. The van der Waals surface area contributed by atoms with E-state index in [1.54, 1.807) is 0 Å². The summed E-state index contributed by atoms with van der Waals surface area (Å²) in [6, 6.07) is 14.3. The van der Waals surface area contributed by atoms with Crippen molar-refractivity contribution < 1.29 is 0 Å². The molecule has 0 spiro atoms. The lowest BCUT2D eigenvalue weighted by Crippen LogP contribution is -1.98. The predicted octanol–water partition coefficient (Wildman–Crippen LogP) is 6.44. The van der Waals surface area contributed by atoms with E-state index in [4.69, 9.17) is 0 Å². The molecule has 1 aliphatic carbocycles. The highest BCUT2D eigenvalue weighted by Crippen LogP contribution is 2.38. The third kappa shape index (κ3) is 3.52. The Labute approximate surface area is 141 Å². The Morgan fingerprint density at radius 3 is 1.57 bits per heavy atom. The number of hydrogen-bond acceptors (Lipinski definition) is 0. The number of rotatable bonds is 6. The molecule has 2 unspecified atom stereocenters. The van der Waals surface area contributed by atoms with Crippen LogP contribution in [0.25, 0.3) is 11.1 Å². The van der Waals surface area contributed by atoms with Crippen LogP contribution in [0.3, 0.4) is 0 Å². The van der Waals surface area contributed by atoms with Gasteiger partial charge in [-0.2, -0.15) is 0 Å². The van der Waals surface area contributed by atoms with Gasteiger partial charge < -0.3 is 0 Å². The highest BCUT2D eigenvalue weighted by molar-refractivity contribution is 5.77. The van der Waals surface area contributed by atoms with Crippen LogP contribution in [0.15, 0.2) is 36.4 Å². The first-order valence-electron chi connectivity index (χ1n) is 9.34. The first-order chi connectivity index (χ1) is 11.1. The third-order valence-electron chi connectivity index (χ3n) is 5.57. The molecule has 2 aromatic carbocycles. The lowest BCUT2D eigenvalue weighted by atomic mass is 9.95. The van der Waals surface area contributed by atoms with E-state index in [1.165, 1.54) is 59.1 Å². The van der Waals surface area contributed by atoms with E-state index in [1.807, 2.05) is 0 Å². The lowest BCUT2D eigenvalue weighted by Gasteiger charge is -2.10. The van der Waals surface area contributed by atoms with Crippen LogP contribution in [0.5, 0.6) is 0 Å². The van der Waals surface area contributed by atoms with Gasteiger partial charge in [0.15, 0.2) is 0 Å². The van der Waals surface area contributed by atoms with Crippen molar-refractivity contribution in [2.75, 3.05) is 0 Å². The molecular weight excluding hydrogens is 276 g/mol. The average Bonchev–Trinajstić information content (AvgIpc) is 2.91. The summed E-state index contributed by atoms with van der Waals surface area (Å²) in [4.78, 5) is 0. The first-order valence-corrected chi connectivity index (χ1v) is 9.34. The molecule has 0 heteroatoms. The Balaban J connectivity index is 1.82. The Hall–Kier alpha value is -1.56. The fourth-order valence-corrected chi connectivity index (χ4v) is 3.66. The number of fused-ring (bicyclic) bond motifs is 3. The minimum atomic E-state index is 0.777. The van der Waals surface area contributed by atoms with Crippen LogP contribution in [0.2, 0.25) is 0 Å². The molecule has 0 N–H and O–H groups in total. The van der Waals surface area contributed by atoms with Crippen molar-refractivity contribution in [3.8, 4) is 11.1 Å². The summed E-state index contributed by atoms with van der Waals surface area (Å²) in [5.74, 6) is 1.55. The Bertz CT molecular complexity index is 621. The van der Waals surface area contributed by atoms with Crippen molar-refractivity contribution in [3.63, 3.8) is 0 Å². The maximum absolute atomic E-state index is 2.45. The zero-order valence-corrected chi connectivity index (χ0v) is 15.2. The topological polar surface area (TPSA) is 0 Å². The standard InChI is InChI=1S/C23H30/c1-5-16(3)11-18-7-9-22-20(13-18)15-21-14-19(8-10-23(21)22)12-17(4)6-2/h7-10,13-14,16-17H,5-6,11-12,15H2,1-4H3. The van der Waals surface area contributed by atoms with E-state index in [2.05, 4.69) is 64.1 Å². The van der Waals surface area contributed by atoms with E-state index < -0.39 is 0 Å². The van der Waals surface area contributed by atoms with Gasteiger partial charge in [-0.1, -0.05) is 76.9 Å². The summed E-state index contributed by atoms with van der Waals surface area (Å²) in [6.45, 7) is 9.27. The smallest absolute Gasteiger partial charge is 0.00133 e. The largest absolute Gasteiger partial charge is 0.0651 e. The molecule has 23 heavy (non-hydrogen) atoms. The molecule has 0 amide bonds. The van der Waals surface area contributed by atoms with Gasteiger partial charge in [-0.3, -0.25) is 0 Å². The Morgan fingerprint density at radius 2 is 1.17 bits per heavy atom. The maximum atomic E-state index is 2.45. The Morgan fingerprint density at radius 1 is 0.739 bits per heavy atom. The number of benzene rings is 2. The van der Waals surface area contributed by atoms with Gasteiger partial charge in [0.25, 0.3) is 0 Å². The zero-order valence-electron chi connectivity index (χ0n) is 15.2. The van der Waals surface area contributed by atoms with Gasteiger partial charge in [-0.05, 0) is 64.5 Å². The monoisotopic (exact) mass is 306 g/mol. The van der Waals surface area contributed by atoms with Crippen LogP contribution in [0.4, 0.5) is 0 Å². The van der Waals surface area contributed by atoms with Gasteiger partial charge >= 0.3 is 0 Å².